The number of rotatable bonds is 18. The van der Waals surface area contributed by atoms with Gasteiger partial charge in [-0.1, -0.05) is 103 Å². The molecule has 0 bridgehead atoms. The Kier molecular flexibility index (Phi) is 13.8. The van der Waals surface area contributed by atoms with Crippen molar-refractivity contribution in [2.75, 3.05) is 19.0 Å². The van der Waals surface area contributed by atoms with Crippen LogP contribution in [0.1, 0.15) is 110 Å². The van der Waals surface area contributed by atoms with Crippen LogP contribution in [0, 0.1) is 0 Å². The molecule has 0 unspecified atom stereocenters. The summed E-state index contributed by atoms with van der Waals surface area (Å²) >= 11 is 1.47. The van der Waals surface area contributed by atoms with E-state index in [-0.39, 0.29) is 23.1 Å². The number of thioether (sulfide) groups is 1. The summed E-state index contributed by atoms with van der Waals surface area (Å²) in [6.45, 7) is 2.93. The lowest BCUT2D eigenvalue weighted by atomic mass is 10.0. The van der Waals surface area contributed by atoms with Crippen LogP contribution in [0.3, 0.4) is 0 Å². The van der Waals surface area contributed by atoms with E-state index >= 15 is 0 Å². The number of ketones is 2. The number of carbonyl (C=O) groups is 2. The molecular weight excluding hydrogens is 408 g/mol. The Bertz CT molecular complexity index is 609. The van der Waals surface area contributed by atoms with Crippen molar-refractivity contribution in [3.05, 3.63) is 22.5 Å². The highest BCUT2D eigenvalue weighted by atomic mass is 32.2. The van der Waals surface area contributed by atoms with Gasteiger partial charge in [-0.05, 0) is 12.2 Å². The summed E-state index contributed by atoms with van der Waals surface area (Å²) in [5, 5.41) is 0. The fraction of sp³-hybridized carbons (Fsp3) is 0.769. The summed E-state index contributed by atoms with van der Waals surface area (Å²) in [5.74, 6) is 0.614. The quantitative estimate of drug-likeness (QED) is 0.162. The van der Waals surface area contributed by atoms with Crippen molar-refractivity contribution in [1.82, 2.24) is 0 Å². The summed E-state index contributed by atoms with van der Waals surface area (Å²) in [4.78, 5) is 25.0. The molecular formula is C26H42O4S. The SMILES string of the molecule is CCCCCCCCCCCCCCCCCCSC1=CC(=O)C2=C(OCCO2)C1=O. The van der Waals surface area contributed by atoms with E-state index < -0.39 is 0 Å². The lowest BCUT2D eigenvalue weighted by Gasteiger charge is -2.23. The van der Waals surface area contributed by atoms with Gasteiger partial charge >= 0.3 is 0 Å². The van der Waals surface area contributed by atoms with Crippen LogP contribution >= 0.6 is 11.8 Å². The largest absolute Gasteiger partial charge is 0.483 e. The monoisotopic (exact) mass is 450 g/mol. The molecule has 5 heteroatoms. The molecule has 176 valence electrons. The molecule has 0 spiro atoms. The zero-order valence-corrected chi connectivity index (χ0v) is 20.4. The van der Waals surface area contributed by atoms with Crippen LogP contribution in [0.5, 0.6) is 0 Å². The molecule has 31 heavy (non-hydrogen) atoms. The Morgan fingerprint density at radius 3 is 1.65 bits per heavy atom. The van der Waals surface area contributed by atoms with Crippen LogP contribution in [0.2, 0.25) is 0 Å². The first-order chi connectivity index (χ1) is 15.2. The molecule has 0 aromatic carbocycles. The summed E-state index contributed by atoms with van der Waals surface area (Å²) in [7, 11) is 0. The number of unbranched alkanes of at least 4 members (excludes halogenated alkanes) is 15. The van der Waals surface area contributed by atoms with Crippen LogP contribution in [0.25, 0.3) is 0 Å². The Morgan fingerprint density at radius 1 is 0.677 bits per heavy atom. The number of carbonyl (C=O) groups excluding carboxylic acids is 2. The van der Waals surface area contributed by atoms with Gasteiger partial charge in [-0.2, -0.15) is 0 Å². The second kappa shape index (κ2) is 16.4. The molecule has 2 rings (SSSR count). The van der Waals surface area contributed by atoms with E-state index in [1.165, 1.54) is 114 Å². The molecule has 0 N–H and O–H groups in total. The van der Waals surface area contributed by atoms with Crippen molar-refractivity contribution in [3.8, 4) is 0 Å². The van der Waals surface area contributed by atoms with Gasteiger partial charge in [-0.3, -0.25) is 9.59 Å². The van der Waals surface area contributed by atoms with Crippen LogP contribution in [0.15, 0.2) is 22.5 Å². The Balaban J connectivity index is 1.37. The van der Waals surface area contributed by atoms with Gasteiger partial charge in [0.25, 0.3) is 0 Å². The summed E-state index contributed by atoms with van der Waals surface area (Å²) in [5.41, 5.74) is 0. The minimum absolute atomic E-state index is 0.0861. The second-order valence-corrected chi connectivity index (χ2v) is 9.85. The fourth-order valence-corrected chi connectivity index (χ4v) is 5.05. The van der Waals surface area contributed by atoms with Crippen molar-refractivity contribution >= 4 is 23.3 Å². The molecule has 0 atom stereocenters. The molecule has 0 aromatic heterocycles. The third-order valence-corrected chi connectivity index (χ3v) is 7.06. The standard InChI is InChI=1S/C26H42O4S/c1-2-3-4-5-6-7-8-9-10-11-12-13-14-15-16-17-20-31-23-21-22(27)25-26(24(23)28)30-19-18-29-25/h21H,2-20H2,1H3. The zero-order valence-electron chi connectivity index (χ0n) is 19.6. The predicted octanol–water partition coefficient (Wildman–Crippen LogP) is 7.28. The molecule has 1 aliphatic carbocycles. The third kappa shape index (κ3) is 10.3. The number of ether oxygens (including phenoxy) is 2. The normalized spacial score (nSPS) is 16.1. The van der Waals surface area contributed by atoms with E-state index in [1.807, 2.05) is 0 Å². The highest BCUT2D eigenvalue weighted by Gasteiger charge is 2.33. The molecule has 0 fully saturated rings. The Morgan fingerprint density at radius 2 is 1.13 bits per heavy atom. The van der Waals surface area contributed by atoms with E-state index in [4.69, 9.17) is 9.47 Å². The Hall–Kier alpha value is -1.23. The van der Waals surface area contributed by atoms with Gasteiger partial charge in [0.15, 0.2) is 0 Å². The third-order valence-electron chi connectivity index (χ3n) is 5.95. The molecule has 0 saturated heterocycles. The van der Waals surface area contributed by atoms with Gasteiger partial charge in [0.2, 0.25) is 23.1 Å². The fourth-order valence-electron chi connectivity index (χ4n) is 4.07. The van der Waals surface area contributed by atoms with Gasteiger partial charge in [0.1, 0.15) is 13.2 Å². The number of hydrogen-bond donors (Lipinski definition) is 0. The maximum atomic E-state index is 12.4. The minimum atomic E-state index is -0.247. The van der Waals surface area contributed by atoms with Crippen molar-refractivity contribution in [3.63, 3.8) is 0 Å². The average molecular weight is 451 g/mol. The summed E-state index contributed by atoms with van der Waals surface area (Å²) in [6.07, 6.45) is 23.0. The molecule has 0 aromatic rings. The van der Waals surface area contributed by atoms with E-state index in [0.717, 1.165) is 12.2 Å². The van der Waals surface area contributed by atoms with E-state index in [1.54, 1.807) is 0 Å². The van der Waals surface area contributed by atoms with Gasteiger partial charge in [-0.25, -0.2) is 0 Å². The maximum absolute atomic E-state index is 12.4. The summed E-state index contributed by atoms with van der Waals surface area (Å²) < 4.78 is 10.6. The molecule has 1 heterocycles. The van der Waals surface area contributed by atoms with Crippen LogP contribution in [-0.2, 0) is 19.1 Å². The molecule has 1 aliphatic heterocycles. The highest BCUT2D eigenvalue weighted by molar-refractivity contribution is 8.04. The lowest BCUT2D eigenvalue weighted by Crippen LogP contribution is -2.27. The van der Waals surface area contributed by atoms with Gasteiger partial charge in [-0.15, -0.1) is 11.8 Å². The van der Waals surface area contributed by atoms with E-state index in [0.29, 0.717) is 18.1 Å². The van der Waals surface area contributed by atoms with E-state index in [2.05, 4.69) is 6.92 Å². The first-order valence-corrected chi connectivity index (χ1v) is 13.7. The van der Waals surface area contributed by atoms with Crippen LogP contribution in [-0.4, -0.2) is 30.5 Å². The Labute approximate surface area is 193 Å². The predicted molar refractivity (Wildman–Crippen MR) is 129 cm³/mol. The number of Topliss-reactive ketones (excluding diaryl/α,β-unsaturated/α-hetero) is 1. The minimum Gasteiger partial charge on any atom is -0.483 e. The van der Waals surface area contributed by atoms with Crippen LogP contribution < -0.4 is 0 Å². The molecule has 0 radical (unpaired) electrons. The molecule has 0 amide bonds. The first-order valence-electron chi connectivity index (χ1n) is 12.7. The van der Waals surface area contributed by atoms with E-state index in [9.17, 15) is 9.59 Å². The zero-order chi connectivity index (χ0) is 22.2. The summed E-state index contributed by atoms with van der Waals surface area (Å²) in [6, 6.07) is 0. The van der Waals surface area contributed by atoms with Gasteiger partial charge < -0.3 is 9.47 Å². The molecule has 2 aliphatic rings. The molecule has 0 saturated carbocycles. The van der Waals surface area contributed by atoms with Crippen molar-refractivity contribution in [2.24, 2.45) is 0 Å². The number of hydrogen-bond acceptors (Lipinski definition) is 5. The highest BCUT2D eigenvalue weighted by Crippen LogP contribution is 2.30. The number of allylic oxidation sites excluding steroid dienone is 2. The molecule has 4 nitrogen and oxygen atoms in total. The second-order valence-electron chi connectivity index (χ2n) is 8.71. The van der Waals surface area contributed by atoms with Crippen LogP contribution in [0.4, 0.5) is 0 Å². The van der Waals surface area contributed by atoms with Gasteiger partial charge in [0, 0.05) is 6.08 Å². The smallest absolute Gasteiger partial charge is 0.238 e. The van der Waals surface area contributed by atoms with Crippen molar-refractivity contribution < 1.29 is 19.1 Å². The maximum Gasteiger partial charge on any atom is 0.238 e. The average Bonchev–Trinajstić information content (AvgIpc) is 2.79. The first kappa shape index (κ1) is 26.0. The lowest BCUT2D eigenvalue weighted by molar-refractivity contribution is -0.123. The topological polar surface area (TPSA) is 52.6 Å². The van der Waals surface area contributed by atoms with Crippen molar-refractivity contribution in [1.29, 1.82) is 0 Å². The van der Waals surface area contributed by atoms with Gasteiger partial charge in [0.05, 0.1) is 4.91 Å². The van der Waals surface area contributed by atoms with Crippen molar-refractivity contribution in [2.45, 2.75) is 110 Å².